The topological polar surface area (TPSA) is 41.6 Å². The second-order valence-corrected chi connectivity index (χ2v) is 6.65. The number of carbonyl (C=O) groups is 1. The molecule has 2 aromatic rings. The van der Waals surface area contributed by atoms with E-state index in [9.17, 15) is 13.6 Å². The summed E-state index contributed by atoms with van der Waals surface area (Å²) in [6.07, 6.45) is 0.899. The molecule has 0 saturated carbocycles. The average Bonchev–Trinajstić information content (AvgIpc) is 2.70. The number of carbonyl (C=O) groups excluding carboxylic acids is 1. The van der Waals surface area contributed by atoms with Crippen molar-refractivity contribution in [1.29, 1.82) is 0 Å². The molecule has 6 heteroatoms. The van der Waals surface area contributed by atoms with Crippen LogP contribution in [0.1, 0.15) is 23.6 Å². The zero-order valence-electron chi connectivity index (χ0n) is 15.2. The van der Waals surface area contributed by atoms with E-state index in [1.807, 2.05) is 0 Å². The Morgan fingerprint density at radius 1 is 1.00 bits per heavy atom. The van der Waals surface area contributed by atoms with Crippen LogP contribution in [0.3, 0.4) is 0 Å². The Bertz CT molecular complexity index is 729. The van der Waals surface area contributed by atoms with E-state index in [2.05, 4.69) is 10.2 Å². The van der Waals surface area contributed by atoms with E-state index < -0.39 is 0 Å². The lowest BCUT2D eigenvalue weighted by atomic mass is 10.0. The van der Waals surface area contributed by atoms with Gasteiger partial charge in [0, 0.05) is 26.1 Å². The Balaban J connectivity index is 1.57. The fourth-order valence-corrected chi connectivity index (χ4v) is 3.24. The third-order valence-corrected chi connectivity index (χ3v) is 4.79. The summed E-state index contributed by atoms with van der Waals surface area (Å²) in [7, 11) is 0. The zero-order valence-corrected chi connectivity index (χ0v) is 15.2. The molecule has 0 bridgehead atoms. The number of morpholine rings is 1. The lowest BCUT2D eigenvalue weighted by molar-refractivity contribution is -0.121. The van der Waals surface area contributed by atoms with Crippen molar-refractivity contribution in [3.05, 3.63) is 71.3 Å². The van der Waals surface area contributed by atoms with Gasteiger partial charge in [0.25, 0.3) is 0 Å². The second kappa shape index (κ2) is 9.58. The van der Waals surface area contributed by atoms with Gasteiger partial charge in [-0.2, -0.15) is 0 Å². The van der Waals surface area contributed by atoms with Crippen LogP contribution in [0.5, 0.6) is 0 Å². The van der Waals surface area contributed by atoms with Gasteiger partial charge in [0.05, 0.1) is 19.3 Å². The maximum Gasteiger partial charge on any atom is 0.220 e. The largest absolute Gasteiger partial charge is 0.379 e. The monoisotopic (exact) mass is 374 g/mol. The van der Waals surface area contributed by atoms with Gasteiger partial charge in [-0.15, -0.1) is 0 Å². The van der Waals surface area contributed by atoms with Gasteiger partial charge < -0.3 is 10.1 Å². The van der Waals surface area contributed by atoms with Crippen LogP contribution in [-0.4, -0.2) is 43.7 Å². The predicted molar refractivity (Wildman–Crippen MR) is 99.3 cm³/mol. The lowest BCUT2D eigenvalue weighted by Crippen LogP contribution is -2.43. The van der Waals surface area contributed by atoms with Crippen LogP contribution >= 0.6 is 0 Å². The molecule has 0 radical (unpaired) electrons. The molecule has 1 amide bonds. The summed E-state index contributed by atoms with van der Waals surface area (Å²) in [4.78, 5) is 14.5. The first-order valence-electron chi connectivity index (χ1n) is 9.20. The Hall–Kier alpha value is -2.31. The van der Waals surface area contributed by atoms with Gasteiger partial charge in [-0.05, 0) is 41.8 Å². The maximum atomic E-state index is 13.3. The maximum absolute atomic E-state index is 13.3. The Morgan fingerprint density at radius 3 is 2.22 bits per heavy atom. The van der Waals surface area contributed by atoms with Crippen LogP contribution < -0.4 is 5.32 Å². The molecule has 4 nitrogen and oxygen atoms in total. The van der Waals surface area contributed by atoms with E-state index in [0.29, 0.717) is 32.6 Å². The molecule has 1 aliphatic rings. The number of rotatable bonds is 7. The van der Waals surface area contributed by atoms with Crippen molar-refractivity contribution in [2.24, 2.45) is 0 Å². The molecular formula is C21H24F2N2O2. The lowest BCUT2D eigenvalue weighted by Gasteiger charge is -2.35. The summed E-state index contributed by atoms with van der Waals surface area (Å²) in [5.74, 6) is -0.613. The van der Waals surface area contributed by atoms with Crippen LogP contribution in [0, 0.1) is 11.6 Å². The van der Waals surface area contributed by atoms with Gasteiger partial charge in [-0.3, -0.25) is 9.69 Å². The molecule has 0 spiro atoms. The molecule has 1 fully saturated rings. The van der Waals surface area contributed by atoms with E-state index in [-0.39, 0.29) is 23.6 Å². The number of nitrogens with one attached hydrogen (secondary N) is 1. The molecule has 1 saturated heterocycles. The molecule has 0 aliphatic carbocycles. The Labute approximate surface area is 158 Å². The Morgan fingerprint density at radius 2 is 1.59 bits per heavy atom. The highest BCUT2D eigenvalue weighted by Gasteiger charge is 2.23. The number of benzene rings is 2. The van der Waals surface area contributed by atoms with E-state index >= 15 is 0 Å². The first kappa shape index (κ1) is 19.5. The number of amides is 1. The summed E-state index contributed by atoms with van der Waals surface area (Å²) in [5.41, 5.74) is 1.90. The summed E-state index contributed by atoms with van der Waals surface area (Å²) < 4.78 is 31.6. The molecular weight excluding hydrogens is 350 g/mol. The van der Waals surface area contributed by atoms with Crippen molar-refractivity contribution in [3.8, 4) is 0 Å². The second-order valence-electron chi connectivity index (χ2n) is 6.65. The molecule has 2 aromatic carbocycles. The Kier molecular flexibility index (Phi) is 6.90. The fraction of sp³-hybridized carbons (Fsp3) is 0.381. The fourth-order valence-electron chi connectivity index (χ4n) is 3.24. The number of hydrogen-bond acceptors (Lipinski definition) is 3. The number of aryl methyl sites for hydroxylation is 1. The van der Waals surface area contributed by atoms with Crippen molar-refractivity contribution in [2.75, 3.05) is 32.8 Å². The minimum Gasteiger partial charge on any atom is -0.379 e. The van der Waals surface area contributed by atoms with E-state index in [4.69, 9.17) is 4.74 Å². The van der Waals surface area contributed by atoms with Gasteiger partial charge in [0.2, 0.25) is 5.91 Å². The third-order valence-electron chi connectivity index (χ3n) is 4.79. The van der Waals surface area contributed by atoms with Crippen molar-refractivity contribution in [1.82, 2.24) is 10.2 Å². The summed E-state index contributed by atoms with van der Waals surface area (Å²) in [6.45, 7) is 3.29. The van der Waals surface area contributed by atoms with E-state index in [1.165, 1.54) is 24.3 Å². The molecule has 1 heterocycles. The first-order valence-corrected chi connectivity index (χ1v) is 9.20. The molecule has 27 heavy (non-hydrogen) atoms. The van der Waals surface area contributed by atoms with Crippen molar-refractivity contribution in [3.63, 3.8) is 0 Å². The molecule has 3 rings (SSSR count). The molecule has 144 valence electrons. The smallest absolute Gasteiger partial charge is 0.220 e. The summed E-state index contributed by atoms with van der Waals surface area (Å²) in [6, 6.07) is 12.6. The molecule has 1 unspecified atom stereocenters. The minimum absolute atomic E-state index is 0.0238. The average molecular weight is 374 g/mol. The van der Waals surface area contributed by atoms with Crippen molar-refractivity contribution < 1.29 is 18.3 Å². The van der Waals surface area contributed by atoms with Crippen LogP contribution in [0.25, 0.3) is 0 Å². The van der Waals surface area contributed by atoms with Gasteiger partial charge in [0.1, 0.15) is 11.6 Å². The van der Waals surface area contributed by atoms with Crippen LogP contribution in [0.15, 0.2) is 48.5 Å². The molecule has 1 atom stereocenters. The van der Waals surface area contributed by atoms with Crippen molar-refractivity contribution >= 4 is 5.91 Å². The quantitative estimate of drug-likeness (QED) is 0.810. The van der Waals surface area contributed by atoms with E-state index in [0.717, 1.165) is 24.2 Å². The number of halogens is 2. The van der Waals surface area contributed by atoms with Crippen molar-refractivity contribution in [2.45, 2.75) is 18.9 Å². The SMILES string of the molecule is O=C(CCc1ccc(F)cc1)NCC(c1ccc(F)cc1)N1CCOCC1. The van der Waals surface area contributed by atoms with Crippen LogP contribution in [0.2, 0.25) is 0 Å². The number of nitrogens with zero attached hydrogens (tertiary/aromatic N) is 1. The minimum atomic E-state index is -0.282. The van der Waals surface area contributed by atoms with Gasteiger partial charge in [-0.25, -0.2) is 8.78 Å². The van der Waals surface area contributed by atoms with Gasteiger partial charge >= 0.3 is 0 Å². The highest BCUT2D eigenvalue weighted by atomic mass is 19.1. The zero-order chi connectivity index (χ0) is 19.1. The summed E-state index contributed by atoms with van der Waals surface area (Å²) >= 11 is 0. The predicted octanol–water partition coefficient (Wildman–Crippen LogP) is 3.09. The van der Waals surface area contributed by atoms with Crippen LogP contribution in [-0.2, 0) is 16.0 Å². The third kappa shape index (κ3) is 5.84. The van der Waals surface area contributed by atoms with Gasteiger partial charge in [-0.1, -0.05) is 24.3 Å². The first-order chi connectivity index (χ1) is 13.1. The number of hydrogen-bond donors (Lipinski definition) is 1. The normalized spacial score (nSPS) is 16.1. The molecule has 0 aromatic heterocycles. The van der Waals surface area contributed by atoms with E-state index in [1.54, 1.807) is 24.3 Å². The van der Waals surface area contributed by atoms with Crippen LogP contribution in [0.4, 0.5) is 8.78 Å². The summed E-state index contributed by atoms with van der Waals surface area (Å²) in [5, 5.41) is 2.99. The highest BCUT2D eigenvalue weighted by molar-refractivity contribution is 5.76. The highest BCUT2D eigenvalue weighted by Crippen LogP contribution is 2.21. The standard InChI is InChI=1S/C21H24F2N2O2/c22-18-6-1-16(2-7-18)3-10-21(26)24-15-20(25-11-13-27-14-12-25)17-4-8-19(23)9-5-17/h1-2,4-9,20H,3,10-15H2,(H,24,26). The molecule has 1 N–H and O–H groups in total. The molecule has 1 aliphatic heterocycles. The number of ether oxygens (including phenoxy) is 1. The van der Waals surface area contributed by atoms with Gasteiger partial charge in [0.15, 0.2) is 0 Å².